The number of esters is 1. The van der Waals surface area contributed by atoms with E-state index in [-0.39, 0.29) is 58.1 Å². The molecule has 0 spiro atoms. The standard InChI is InChI=1S/C20H19Br2ClN2O5/c21-17-9-7-10(18(17)22)16-15(9)19(28)25(20(16)29)6-5-14(27)30-8-13(26)24-12-4-2-1-3-11(12)23/h1-4,9-10,15-18H,5-8H2,(H,24,26)/t9-,10-,15-,16-,17+,18+/m1/s1. The SMILES string of the molecule is O=C(COC(=O)CCN1C(=O)[C@@H]2[C@H]3C[C@@H]([C@H](Br)[C@H]3Br)[C@H]2C1=O)Nc1ccccc1Cl. The van der Waals surface area contributed by atoms with Crippen LogP contribution in [0.3, 0.4) is 0 Å². The van der Waals surface area contributed by atoms with E-state index in [2.05, 4.69) is 37.2 Å². The van der Waals surface area contributed by atoms with Gasteiger partial charge >= 0.3 is 5.97 Å². The number of amides is 3. The number of hydrogen-bond donors (Lipinski definition) is 1. The van der Waals surface area contributed by atoms with Crippen molar-refractivity contribution in [2.24, 2.45) is 23.7 Å². The molecule has 2 aliphatic carbocycles. The van der Waals surface area contributed by atoms with Gasteiger partial charge in [-0.3, -0.25) is 24.1 Å². The third-order valence-corrected chi connectivity index (χ3v) is 9.67. The number of nitrogens with one attached hydrogen (secondary N) is 1. The summed E-state index contributed by atoms with van der Waals surface area (Å²) >= 11 is 13.2. The summed E-state index contributed by atoms with van der Waals surface area (Å²) in [6.07, 6.45) is 0.705. The smallest absolute Gasteiger partial charge is 0.308 e. The Morgan fingerprint density at radius 2 is 1.70 bits per heavy atom. The Morgan fingerprint density at radius 1 is 1.10 bits per heavy atom. The van der Waals surface area contributed by atoms with Crippen LogP contribution in [0.1, 0.15) is 12.8 Å². The Kier molecular flexibility index (Phi) is 6.23. The zero-order valence-corrected chi connectivity index (χ0v) is 19.7. The molecular formula is C20H19Br2ClN2O5. The van der Waals surface area contributed by atoms with Crippen molar-refractivity contribution in [3.05, 3.63) is 29.3 Å². The fourth-order valence-corrected chi connectivity index (χ4v) is 6.86. The molecule has 4 rings (SSSR count). The highest BCUT2D eigenvalue weighted by Crippen LogP contribution is 2.60. The van der Waals surface area contributed by atoms with E-state index in [0.29, 0.717) is 10.7 Å². The van der Waals surface area contributed by atoms with Crippen LogP contribution in [0.25, 0.3) is 0 Å². The van der Waals surface area contributed by atoms with E-state index >= 15 is 0 Å². The molecule has 2 saturated carbocycles. The number of halogens is 3. The lowest BCUT2D eigenvalue weighted by Gasteiger charge is -2.28. The molecular weight excluding hydrogens is 543 g/mol. The maximum absolute atomic E-state index is 12.8. The van der Waals surface area contributed by atoms with Crippen LogP contribution in [-0.2, 0) is 23.9 Å². The first kappa shape index (κ1) is 21.8. The number of carbonyl (C=O) groups excluding carboxylic acids is 4. The quantitative estimate of drug-likeness (QED) is 0.327. The maximum Gasteiger partial charge on any atom is 0.308 e. The summed E-state index contributed by atoms with van der Waals surface area (Å²) < 4.78 is 4.97. The summed E-state index contributed by atoms with van der Waals surface area (Å²) in [4.78, 5) is 51.1. The molecule has 1 aromatic carbocycles. The zero-order chi connectivity index (χ0) is 21.6. The number of alkyl halides is 2. The van der Waals surface area contributed by atoms with Crippen LogP contribution >= 0.6 is 43.5 Å². The van der Waals surface area contributed by atoms with Gasteiger partial charge in [0.2, 0.25) is 11.8 Å². The molecule has 2 bridgehead atoms. The normalized spacial score (nSPS) is 31.8. The van der Waals surface area contributed by atoms with Gasteiger partial charge in [-0.1, -0.05) is 55.6 Å². The fourth-order valence-electron chi connectivity index (χ4n) is 4.80. The van der Waals surface area contributed by atoms with Crippen molar-refractivity contribution >= 4 is 72.8 Å². The molecule has 0 radical (unpaired) electrons. The lowest BCUT2D eigenvalue weighted by Crippen LogP contribution is -2.37. The molecule has 0 aromatic heterocycles. The van der Waals surface area contributed by atoms with Gasteiger partial charge in [-0.05, 0) is 30.4 Å². The monoisotopic (exact) mass is 560 g/mol. The largest absolute Gasteiger partial charge is 0.456 e. The van der Waals surface area contributed by atoms with Crippen molar-refractivity contribution in [3.8, 4) is 0 Å². The lowest BCUT2D eigenvalue weighted by molar-refractivity contribution is -0.149. The molecule has 1 aliphatic heterocycles. The van der Waals surface area contributed by atoms with E-state index in [9.17, 15) is 19.2 Å². The molecule has 1 N–H and O–H groups in total. The van der Waals surface area contributed by atoms with E-state index in [4.69, 9.17) is 16.3 Å². The maximum atomic E-state index is 12.8. The summed E-state index contributed by atoms with van der Waals surface area (Å²) in [7, 11) is 0. The van der Waals surface area contributed by atoms with Gasteiger partial charge < -0.3 is 10.1 Å². The van der Waals surface area contributed by atoms with E-state index < -0.39 is 18.5 Å². The minimum atomic E-state index is -0.651. The van der Waals surface area contributed by atoms with Gasteiger partial charge in [-0.15, -0.1) is 0 Å². The number of imide groups is 1. The minimum absolute atomic E-state index is 0.0328. The Hall–Kier alpha value is -1.45. The highest BCUT2D eigenvalue weighted by atomic mass is 79.9. The van der Waals surface area contributed by atoms with Gasteiger partial charge in [-0.2, -0.15) is 0 Å². The second-order valence-electron chi connectivity index (χ2n) is 7.77. The predicted octanol–water partition coefficient (Wildman–Crippen LogP) is 2.99. The van der Waals surface area contributed by atoms with Gasteiger partial charge in [0, 0.05) is 16.2 Å². The van der Waals surface area contributed by atoms with E-state index in [1.807, 2.05) is 0 Å². The number of hydrogen-bond acceptors (Lipinski definition) is 5. The van der Waals surface area contributed by atoms with Gasteiger partial charge in [0.1, 0.15) is 0 Å². The van der Waals surface area contributed by atoms with Crippen LogP contribution in [0.5, 0.6) is 0 Å². The first-order valence-corrected chi connectivity index (χ1v) is 11.8. The summed E-state index contributed by atoms with van der Waals surface area (Å²) in [5.41, 5.74) is 0.421. The summed E-state index contributed by atoms with van der Waals surface area (Å²) in [5, 5.41) is 2.93. The first-order valence-electron chi connectivity index (χ1n) is 9.63. The Morgan fingerprint density at radius 3 is 2.30 bits per heavy atom. The van der Waals surface area contributed by atoms with E-state index in [0.717, 1.165) is 6.42 Å². The van der Waals surface area contributed by atoms with Crippen LogP contribution in [-0.4, -0.2) is 51.4 Å². The number of anilines is 1. The van der Waals surface area contributed by atoms with Gasteiger partial charge in [0.05, 0.1) is 29.0 Å². The van der Waals surface area contributed by atoms with Crippen LogP contribution in [0.4, 0.5) is 5.69 Å². The van der Waals surface area contributed by atoms with Crippen molar-refractivity contribution in [1.82, 2.24) is 4.90 Å². The predicted molar refractivity (Wildman–Crippen MR) is 116 cm³/mol. The van der Waals surface area contributed by atoms with Crippen LogP contribution < -0.4 is 5.32 Å². The number of fused-ring (bicyclic) bond motifs is 5. The number of rotatable bonds is 6. The number of likely N-dealkylation sites (tertiary alicyclic amines) is 1. The van der Waals surface area contributed by atoms with Gasteiger partial charge in [0.25, 0.3) is 5.91 Å². The Bertz CT molecular complexity index is 881. The highest BCUT2D eigenvalue weighted by molar-refractivity contribution is 9.12. The molecule has 3 fully saturated rings. The zero-order valence-electron chi connectivity index (χ0n) is 15.7. The Labute approximate surface area is 195 Å². The van der Waals surface area contributed by atoms with Crippen molar-refractivity contribution in [2.75, 3.05) is 18.5 Å². The number of benzene rings is 1. The second-order valence-corrected chi connectivity index (χ2v) is 10.3. The van der Waals surface area contributed by atoms with Crippen molar-refractivity contribution in [1.29, 1.82) is 0 Å². The molecule has 10 heteroatoms. The molecule has 160 valence electrons. The van der Waals surface area contributed by atoms with E-state index in [1.165, 1.54) is 4.90 Å². The van der Waals surface area contributed by atoms with Crippen molar-refractivity contribution < 1.29 is 23.9 Å². The average Bonchev–Trinajstić information content (AvgIpc) is 3.32. The second kappa shape index (κ2) is 8.59. The highest BCUT2D eigenvalue weighted by Gasteiger charge is 2.66. The molecule has 1 aromatic rings. The summed E-state index contributed by atoms with van der Waals surface area (Å²) in [5.74, 6) is -1.94. The number of nitrogens with zero attached hydrogens (tertiary/aromatic N) is 1. The third kappa shape index (κ3) is 3.80. The third-order valence-electron chi connectivity index (χ3n) is 6.13. The summed E-state index contributed by atoms with van der Waals surface area (Å²) in [6, 6.07) is 6.71. The van der Waals surface area contributed by atoms with Crippen LogP contribution in [0.15, 0.2) is 24.3 Å². The number of ether oxygens (including phenoxy) is 1. The average molecular weight is 563 g/mol. The molecule has 7 nitrogen and oxygen atoms in total. The first-order chi connectivity index (χ1) is 14.3. The molecule has 6 atom stereocenters. The van der Waals surface area contributed by atoms with Crippen LogP contribution in [0.2, 0.25) is 5.02 Å². The van der Waals surface area contributed by atoms with Crippen LogP contribution in [0, 0.1) is 23.7 Å². The number of para-hydroxylation sites is 1. The van der Waals surface area contributed by atoms with Gasteiger partial charge in [0.15, 0.2) is 6.61 Å². The van der Waals surface area contributed by atoms with Gasteiger partial charge in [-0.25, -0.2) is 0 Å². The summed E-state index contributed by atoms with van der Waals surface area (Å²) in [6.45, 7) is -0.507. The lowest BCUT2D eigenvalue weighted by atomic mass is 9.81. The minimum Gasteiger partial charge on any atom is -0.456 e. The number of carbonyl (C=O) groups is 4. The molecule has 1 heterocycles. The molecule has 0 unspecified atom stereocenters. The Balaban J connectivity index is 1.27. The molecule has 3 aliphatic rings. The molecule has 3 amide bonds. The van der Waals surface area contributed by atoms with Crippen molar-refractivity contribution in [2.45, 2.75) is 22.5 Å². The molecule has 1 saturated heterocycles. The topological polar surface area (TPSA) is 92.8 Å². The van der Waals surface area contributed by atoms with Crippen molar-refractivity contribution in [3.63, 3.8) is 0 Å². The van der Waals surface area contributed by atoms with E-state index in [1.54, 1.807) is 24.3 Å². The fraction of sp³-hybridized carbons (Fsp3) is 0.500. The molecule has 30 heavy (non-hydrogen) atoms.